The molecule has 1 aromatic heterocycles. The van der Waals surface area contributed by atoms with Crippen LogP contribution in [-0.2, 0) is 16.1 Å². The van der Waals surface area contributed by atoms with Crippen LogP contribution >= 0.6 is 11.8 Å². The molecular weight excluding hydrogens is 346 g/mol. The molecule has 0 aliphatic rings. The molecule has 2 aromatic carbocycles. The van der Waals surface area contributed by atoms with E-state index < -0.39 is 0 Å². The number of benzene rings is 2. The highest BCUT2D eigenvalue weighted by Crippen LogP contribution is 2.20. The molecule has 136 valence electrons. The maximum absolute atomic E-state index is 11.9. The Morgan fingerprint density at radius 2 is 2.08 bits per heavy atom. The Bertz CT molecular complexity index is 849. The van der Waals surface area contributed by atoms with Crippen molar-refractivity contribution in [1.82, 2.24) is 15.3 Å². The quantitative estimate of drug-likeness (QED) is 0.446. The summed E-state index contributed by atoms with van der Waals surface area (Å²) >= 11 is 1.42. The van der Waals surface area contributed by atoms with Crippen LogP contribution in [0, 0.1) is 6.92 Å². The van der Waals surface area contributed by atoms with Crippen LogP contribution in [0.5, 0.6) is 0 Å². The monoisotopic (exact) mass is 369 g/mol. The third kappa shape index (κ3) is 5.61. The van der Waals surface area contributed by atoms with E-state index in [-0.39, 0.29) is 5.91 Å². The zero-order valence-corrected chi connectivity index (χ0v) is 15.6. The number of thioether (sulfide) groups is 1. The van der Waals surface area contributed by atoms with E-state index >= 15 is 0 Å². The molecule has 0 spiro atoms. The first kappa shape index (κ1) is 18.5. The van der Waals surface area contributed by atoms with Gasteiger partial charge in [-0.05, 0) is 36.6 Å². The number of H-pyrrole nitrogens is 1. The van der Waals surface area contributed by atoms with Gasteiger partial charge in [-0.25, -0.2) is 4.98 Å². The summed E-state index contributed by atoms with van der Waals surface area (Å²) in [7, 11) is 0. The summed E-state index contributed by atoms with van der Waals surface area (Å²) in [5, 5.41) is 3.68. The Morgan fingerprint density at radius 1 is 1.23 bits per heavy atom. The van der Waals surface area contributed by atoms with Crippen molar-refractivity contribution in [3.05, 3.63) is 59.7 Å². The van der Waals surface area contributed by atoms with Crippen molar-refractivity contribution in [2.45, 2.75) is 25.1 Å². The number of aromatic nitrogens is 2. The summed E-state index contributed by atoms with van der Waals surface area (Å²) in [5.41, 5.74) is 4.27. The predicted molar refractivity (Wildman–Crippen MR) is 105 cm³/mol. The van der Waals surface area contributed by atoms with Gasteiger partial charge in [0.25, 0.3) is 0 Å². The van der Waals surface area contributed by atoms with Crippen LogP contribution in [-0.4, -0.2) is 34.8 Å². The van der Waals surface area contributed by atoms with Gasteiger partial charge in [0.2, 0.25) is 5.91 Å². The van der Waals surface area contributed by atoms with Gasteiger partial charge in [0, 0.05) is 13.2 Å². The molecule has 0 aliphatic heterocycles. The largest absolute Gasteiger partial charge is 0.377 e. The van der Waals surface area contributed by atoms with Gasteiger partial charge in [0.1, 0.15) is 0 Å². The Morgan fingerprint density at radius 3 is 2.92 bits per heavy atom. The summed E-state index contributed by atoms with van der Waals surface area (Å²) in [6, 6.07) is 16.1. The van der Waals surface area contributed by atoms with Crippen LogP contribution in [0.3, 0.4) is 0 Å². The number of nitrogens with one attached hydrogen (secondary N) is 2. The molecule has 26 heavy (non-hydrogen) atoms. The van der Waals surface area contributed by atoms with Crippen LogP contribution in [0.2, 0.25) is 0 Å². The summed E-state index contributed by atoms with van der Waals surface area (Å²) < 4.78 is 5.60. The molecule has 1 heterocycles. The van der Waals surface area contributed by atoms with E-state index in [0.29, 0.717) is 25.5 Å². The maximum Gasteiger partial charge on any atom is 0.230 e. The van der Waals surface area contributed by atoms with Crippen LogP contribution < -0.4 is 5.32 Å². The van der Waals surface area contributed by atoms with E-state index in [1.165, 1.54) is 17.3 Å². The van der Waals surface area contributed by atoms with Gasteiger partial charge in [-0.2, -0.15) is 0 Å². The fourth-order valence-electron chi connectivity index (χ4n) is 2.52. The summed E-state index contributed by atoms with van der Waals surface area (Å²) in [6.45, 7) is 3.90. The Balaban J connectivity index is 1.30. The second-order valence-corrected chi connectivity index (χ2v) is 7.06. The molecule has 0 aliphatic carbocycles. The van der Waals surface area contributed by atoms with Crippen molar-refractivity contribution < 1.29 is 9.53 Å². The van der Waals surface area contributed by atoms with Gasteiger partial charge in [0.15, 0.2) is 5.16 Å². The third-order valence-corrected chi connectivity index (χ3v) is 4.73. The molecule has 5 nitrogen and oxygen atoms in total. The number of carbonyl (C=O) groups excluding carboxylic acids is 1. The number of ether oxygens (including phenoxy) is 1. The lowest BCUT2D eigenvalue weighted by molar-refractivity contribution is -0.118. The first-order valence-corrected chi connectivity index (χ1v) is 9.67. The zero-order valence-electron chi connectivity index (χ0n) is 14.8. The fraction of sp³-hybridized carbons (Fsp3) is 0.300. The van der Waals surface area contributed by atoms with E-state index in [2.05, 4.69) is 21.4 Å². The zero-order chi connectivity index (χ0) is 18.2. The van der Waals surface area contributed by atoms with Gasteiger partial charge in [0.05, 0.1) is 23.4 Å². The van der Waals surface area contributed by atoms with E-state index in [1.807, 2.05) is 49.4 Å². The molecular formula is C20H23N3O2S. The Kier molecular flexibility index (Phi) is 6.68. The number of rotatable bonds is 9. The van der Waals surface area contributed by atoms with Crippen LogP contribution in [0.15, 0.2) is 53.7 Å². The standard InChI is InChI=1S/C20H23N3O2S/c1-15-8-9-17-18(12-15)23-20(22-17)26-14-19(24)21-10-5-11-25-13-16-6-3-2-4-7-16/h2-4,6-9,12H,5,10-11,13-14H2,1H3,(H,21,24)(H,22,23). The maximum atomic E-state index is 11.9. The molecule has 1 amide bonds. The molecule has 6 heteroatoms. The minimum Gasteiger partial charge on any atom is -0.377 e. The summed E-state index contributed by atoms with van der Waals surface area (Å²) in [5.74, 6) is 0.360. The van der Waals surface area contributed by atoms with Crippen molar-refractivity contribution in [3.63, 3.8) is 0 Å². The third-order valence-electron chi connectivity index (χ3n) is 3.85. The number of carbonyl (C=O) groups is 1. The highest BCUT2D eigenvalue weighted by atomic mass is 32.2. The van der Waals surface area contributed by atoms with E-state index in [0.717, 1.165) is 28.2 Å². The molecule has 0 fully saturated rings. The van der Waals surface area contributed by atoms with Crippen LogP contribution in [0.4, 0.5) is 0 Å². The van der Waals surface area contributed by atoms with Crippen LogP contribution in [0.25, 0.3) is 11.0 Å². The second kappa shape index (κ2) is 9.40. The number of aryl methyl sites for hydroxylation is 1. The van der Waals surface area contributed by atoms with Crippen molar-refractivity contribution in [1.29, 1.82) is 0 Å². The number of fused-ring (bicyclic) bond motifs is 1. The minimum atomic E-state index is 0.00898. The normalized spacial score (nSPS) is 11.0. The number of amides is 1. The molecule has 0 unspecified atom stereocenters. The van der Waals surface area contributed by atoms with Gasteiger partial charge >= 0.3 is 0 Å². The van der Waals surface area contributed by atoms with Gasteiger partial charge in [-0.15, -0.1) is 0 Å². The number of hydrogen-bond acceptors (Lipinski definition) is 4. The summed E-state index contributed by atoms with van der Waals surface area (Å²) in [4.78, 5) is 19.7. The lowest BCUT2D eigenvalue weighted by Crippen LogP contribution is -2.26. The molecule has 0 bridgehead atoms. The van der Waals surface area contributed by atoms with E-state index in [1.54, 1.807) is 0 Å². The molecule has 0 saturated heterocycles. The van der Waals surface area contributed by atoms with Crippen molar-refractivity contribution >= 4 is 28.7 Å². The molecule has 0 atom stereocenters. The van der Waals surface area contributed by atoms with Crippen LogP contribution in [0.1, 0.15) is 17.5 Å². The first-order chi connectivity index (χ1) is 12.7. The number of nitrogens with zero attached hydrogens (tertiary/aromatic N) is 1. The lowest BCUT2D eigenvalue weighted by Gasteiger charge is -2.06. The number of hydrogen-bond donors (Lipinski definition) is 2. The highest BCUT2D eigenvalue weighted by molar-refractivity contribution is 7.99. The topological polar surface area (TPSA) is 67.0 Å². The van der Waals surface area contributed by atoms with Gasteiger partial charge in [-0.3, -0.25) is 4.79 Å². The lowest BCUT2D eigenvalue weighted by atomic mass is 10.2. The van der Waals surface area contributed by atoms with Crippen molar-refractivity contribution in [2.24, 2.45) is 0 Å². The SMILES string of the molecule is Cc1ccc2nc(SCC(=O)NCCCOCc3ccccc3)[nH]c2c1. The first-order valence-electron chi connectivity index (χ1n) is 8.68. The average molecular weight is 369 g/mol. The highest BCUT2D eigenvalue weighted by Gasteiger charge is 2.07. The molecule has 0 saturated carbocycles. The Labute approximate surface area is 157 Å². The average Bonchev–Trinajstić information content (AvgIpc) is 3.05. The van der Waals surface area contributed by atoms with Crippen molar-refractivity contribution in [2.75, 3.05) is 18.9 Å². The predicted octanol–water partition coefficient (Wildman–Crippen LogP) is 3.69. The molecule has 2 N–H and O–H groups in total. The molecule has 0 radical (unpaired) electrons. The van der Waals surface area contributed by atoms with E-state index in [4.69, 9.17) is 4.74 Å². The molecule has 3 aromatic rings. The van der Waals surface area contributed by atoms with E-state index in [9.17, 15) is 4.79 Å². The minimum absolute atomic E-state index is 0.00898. The number of aromatic amines is 1. The molecule has 3 rings (SSSR count). The number of imidazole rings is 1. The summed E-state index contributed by atoms with van der Waals surface area (Å²) in [6.07, 6.45) is 0.799. The van der Waals surface area contributed by atoms with Gasteiger partial charge in [-0.1, -0.05) is 48.2 Å². The Hall–Kier alpha value is -2.31. The fourth-order valence-corrected chi connectivity index (χ4v) is 3.23. The van der Waals surface area contributed by atoms with Gasteiger partial charge < -0.3 is 15.0 Å². The smallest absolute Gasteiger partial charge is 0.230 e. The van der Waals surface area contributed by atoms with Crippen molar-refractivity contribution in [3.8, 4) is 0 Å². The second-order valence-electron chi connectivity index (χ2n) is 6.09.